The van der Waals surface area contributed by atoms with E-state index in [9.17, 15) is 17.3 Å². The van der Waals surface area contributed by atoms with Crippen molar-refractivity contribution in [3.63, 3.8) is 0 Å². The summed E-state index contributed by atoms with van der Waals surface area (Å²) in [7, 11) is -9.30. The number of hydrogen-bond donors (Lipinski definition) is 8. The predicted molar refractivity (Wildman–Crippen MR) is 177 cm³/mol. The number of anilines is 1. The third-order valence-corrected chi connectivity index (χ3v) is 6.88. The van der Waals surface area contributed by atoms with Gasteiger partial charge < -0.3 is 45.1 Å². The second kappa shape index (κ2) is 25.2. The molecule has 14 nitrogen and oxygen atoms in total. The van der Waals surface area contributed by atoms with Crippen molar-refractivity contribution in [1.82, 2.24) is 0 Å². The Morgan fingerprint density at radius 2 is 1.20 bits per heavy atom. The summed E-state index contributed by atoms with van der Waals surface area (Å²) in [5, 5.41) is 56.9. The summed E-state index contributed by atoms with van der Waals surface area (Å²) in [6, 6.07) is 17.4. The Labute approximate surface area is 299 Å². The lowest BCUT2D eigenvalue weighted by Crippen LogP contribution is -2.68. The topological polar surface area (TPSA) is 261 Å². The largest absolute Gasteiger partial charge is 0.674 e. The molecular formula is C27H39B4ClF4N2O12S. The smallest absolute Gasteiger partial charge is 0.398 e. The molecule has 0 spiro atoms. The molecule has 1 aliphatic carbocycles. The normalized spacial score (nSPS) is 13.7. The van der Waals surface area contributed by atoms with Crippen molar-refractivity contribution in [3.8, 4) is 0 Å². The number of aromatic nitrogens is 1. The maximum absolute atomic E-state index is 10.1. The van der Waals surface area contributed by atoms with Gasteiger partial charge in [0.05, 0.1) is 0 Å². The molecule has 0 atom stereocenters. The van der Waals surface area contributed by atoms with Crippen molar-refractivity contribution >= 4 is 69.0 Å². The molecule has 0 radical (unpaired) electrons. The summed E-state index contributed by atoms with van der Waals surface area (Å²) < 4.78 is 78.1. The standard InChI is InChI=1S/C27H31N2S.4BFH2O2.ClHO4/c1-27(2)18-21(11-10-20-12-14-23(15-13-20)28(3)4)16-22(19-27)17-26-29(5)24-8-6-7-9-25(24)30-26;4*2-1(3)4;2-1(3,4)5/h6-17H,18-19H2,1-5H3;4*3-4H;(H,2,3,4,5)/q+1;;;;;/p-1. The van der Waals surface area contributed by atoms with E-state index in [1.807, 2.05) is 11.3 Å². The van der Waals surface area contributed by atoms with Gasteiger partial charge in [0, 0.05) is 31.9 Å². The molecule has 0 unspecified atom stereocenters. The quantitative estimate of drug-likeness (QED) is 0.0782. The molecule has 0 aliphatic heterocycles. The van der Waals surface area contributed by atoms with Crippen molar-refractivity contribution in [2.75, 3.05) is 19.0 Å². The molecule has 1 aromatic heterocycles. The SMILES string of the molecule is CN(C)c1ccc(/C=C/C2=CC(=C/c3sc4ccccc4[n+]3C)/CC(C)(C)C2)cc1.OB(O)F.OB(O)F.OB(O)F.OB(O)F.[O-][Cl+3]([O-])([O-])[O-]. The summed E-state index contributed by atoms with van der Waals surface area (Å²) in [5.41, 5.74) is 6.85. The van der Waals surface area contributed by atoms with Crippen LogP contribution in [-0.4, -0.2) is 83.9 Å². The van der Waals surface area contributed by atoms with Gasteiger partial charge in [-0.3, -0.25) is 17.3 Å². The van der Waals surface area contributed by atoms with Crippen molar-refractivity contribution in [2.45, 2.75) is 26.7 Å². The first-order valence-corrected chi connectivity index (χ1v) is 16.2. The molecule has 2 aromatic carbocycles. The van der Waals surface area contributed by atoms with Gasteiger partial charge in [-0.1, -0.05) is 67.7 Å². The number of hydrogen-bond acceptors (Lipinski definition) is 14. The van der Waals surface area contributed by atoms with Crippen LogP contribution < -0.4 is 28.1 Å². The number of benzene rings is 2. The summed E-state index contributed by atoms with van der Waals surface area (Å²) in [4.78, 5) is 2.13. The molecule has 0 bridgehead atoms. The zero-order chi connectivity index (χ0) is 40.1. The first kappa shape index (κ1) is 50.2. The van der Waals surface area contributed by atoms with E-state index in [4.69, 9.17) is 58.8 Å². The van der Waals surface area contributed by atoms with Gasteiger partial charge in [-0.05, 0) is 53.2 Å². The average molecular weight is 770 g/mol. The summed E-state index contributed by atoms with van der Waals surface area (Å²) in [6.45, 7) is 4.75. The Morgan fingerprint density at radius 1 is 0.765 bits per heavy atom. The highest BCUT2D eigenvalue weighted by atomic mass is 35.7. The lowest BCUT2D eigenvalue weighted by Gasteiger charge is -2.30. The third kappa shape index (κ3) is 29.4. The molecular weight excluding hydrogens is 731 g/mol. The number of para-hydroxylation sites is 1. The molecule has 24 heteroatoms. The summed E-state index contributed by atoms with van der Waals surface area (Å²) in [5.74, 6) is 0. The number of thiazole rings is 1. The van der Waals surface area contributed by atoms with Crippen LogP contribution in [0.25, 0.3) is 22.4 Å². The van der Waals surface area contributed by atoms with E-state index in [1.165, 1.54) is 37.6 Å². The fourth-order valence-electron chi connectivity index (χ4n) is 4.20. The van der Waals surface area contributed by atoms with Gasteiger partial charge >= 0.3 is 29.6 Å². The van der Waals surface area contributed by atoms with Crippen LogP contribution in [0, 0.1) is 15.7 Å². The number of halogens is 5. The van der Waals surface area contributed by atoms with Crippen LogP contribution in [0.1, 0.15) is 37.3 Å². The molecule has 1 heterocycles. The molecule has 282 valence electrons. The van der Waals surface area contributed by atoms with E-state index in [0.717, 1.165) is 12.8 Å². The van der Waals surface area contributed by atoms with E-state index in [-0.39, 0.29) is 5.41 Å². The molecule has 0 amide bonds. The monoisotopic (exact) mass is 770 g/mol. The minimum absolute atomic E-state index is 0.268. The molecule has 4 rings (SSSR count). The maximum Gasteiger partial charge on any atom is 0.674 e. The lowest BCUT2D eigenvalue weighted by atomic mass is 9.75. The molecule has 0 saturated heterocycles. The van der Waals surface area contributed by atoms with Crippen LogP contribution in [0.3, 0.4) is 0 Å². The van der Waals surface area contributed by atoms with Gasteiger partial charge in [0.25, 0.3) is 5.01 Å². The molecule has 3 aromatic rings. The average Bonchev–Trinajstić information content (AvgIpc) is 3.24. The Morgan fingerprint density at radius 3 is 1.61 bits per heavy atom. The number of aryl methyl sites for hydroxylation is 1. The number of nitrogens with zero attached hydrogens (tertiary/aromatic N) is 2. The van der Waals surface area contributed by atoms with Gasteiger partial charge in [0.1, 0.15) is 11.7 Å². The van der Waals surface area contributed by atoms with Crippen molar-refractivity contribution < 1.29 is 90.9 Å². The second-order valence-electron chi connectivity index (χ2n) is 10.9. The van der Waals surface area contributed by atoms with E-state index in [1.54, 1.807) is 0 Å². The lowest BCUT2D eigenvalue weighted by molar-refractivity contribution is -2.00. The predicted octanol–water partition coefficient (Wildman–Crippen LogP) is -2.42. The van der Waals surface area contributed by atoms with E-state index in [0.29, 0.717) is 0 Å². The van der Waals surface area contributed by atoms with Crippen LogP contribution in [0.2, 0.25) is 0 Å². The number of allylic oxidation sites excluding steroid dienone is 4. The highest BCUT2D eigenvalue weighted by Crippen LogP contribution is 2.39. The zero-order valence-corrected chi connectivity index (χ0v) is 29.6. The molecule has 0 saturated carbocycles. The Bertz CT molecular complexity index is 1460. The minimum Gasteiger partial charge on any atom is -0.398 e. The van der Waals surface area contributed by atoms with Crippen LogP contribution in [-0.2, 0) is 7.05 Å². The number of rotatable bonds is 4. The van der Waals surface area contributed by atoms with Crippen LogP contribution in [0.5, 0.6) is 0 Å². The highest BCUT2D eigenvalue weighted by Gasteiger charge is 2.26. The molecule has 8 N–H and O–H groups in total. The van der Waals surface area contributed by atoms with Crippen LogP contribution in [0.4, 0.5) is 23.0 Å². The van der Waals surface area contributed by atoms with E-state index >= 15 is 0 Å². The Kier molecular flexibility index (Phi) is 24.8. The first-order valence-electron chi connectivity index (χ1n) is 14.1. The van der Waals surface area contributed by atoms with Gasteiger partial charge in [0.2, 0.25) is 5.52 Å². The fraction of sp³-hybridized carbons (Fsp3) is 0.296. The van der Waals surface area contributed by atoms with Crippen LogP contribution in [0.15, 0.2) is 71.8 Å². The number of fused-ring (bicyclic) bond motifs is 1. The Balaban J connectivity index is 0. The highest BCUT2D eigenvalue weighted by molar-refractivity contribution is 7.18. The third-order valence-electron chi connectivity index (χ3n) is 5.72. The van der Waals surface area contributed by atoms with Crippen molar-refractivity contribution in [3.05, 3.63) is 82.4 Å². The zero-order valence-electron chi connectivity index (χ0n) is 28.1. The van der Waals surface area contributed by atoms with Crippen molar-refractivity contribution in [1.29, 1.82) is 0 Å². The summed E-state index contributed by atoms with van der Waals surface area (Å²) in [6.07, 6.45) is 11.5. The second-order valence-corrected chi connectivity index (χ2v) is 12.7. The Hall–Kier alpha value is -2.86. The van der Waals surface area contributed by atoms with Gasteiger partial charge in [-0.25, -0.2) is 18.6 Å². The van der Waals surface area contributed by atoms with Gasteiger partial charge in [0.15, 0.2) is 0 Å². The van der Waals surface area contributed by atoms with Crippen molar-refractivity contribution in [2.24, 2.45) is 12.5 Å². The van der Waals surface area contributed by atoms with Gasteiger partial charge in [-0.2, -0.15) is 4.57 Å². The first-order chi connectivity index (χ1) is 23.2. The summed E-state index contributed by atoms with van der Waals surface area (Å²) >= 11 is 1.87. The molecule has 0 fully saturated rings. The molecule has 51 heavy (non-hydrogen) atoms. The van der Waals surface area contributed by atoms with E-state index in [2.05, 4.69) is 117 Å². The minimum atomic E-state index is -4.94. The molecule has 1 aliphatic rings. The van der Waals surface area contributed by atoms with Gasteiger partial charge in [-0.15, -0.1) is 10.2 Å². The van der Waals surface area contributed by atoms with E-state index < -0.39 is 39.8 Å². The maximum atomic E-state index is 10.1. The fourth-order valence-corrected chi connectivity index (χ4v) is 5.33. The van der Waals surface area contributed by atoms with Crippen LogP contribution >= 0.6 is 11.3 Å².